The zero-order valence-electron chi connectivity index (χ0n) is 19.9. The summed E-state index contributed by atoms with van der Waals surface area (Å²) in [6.45, 7) is 3.57. The summed E-state index contributed by atoms with van der Waals surface area (Å²) in [7, 11) is 0. The van der Waals surface area contributed by atoms with E-state index in [-0.39, 0.29) is 18.8 Å². The topological polar surface area (TPSA) is 254 Å². The third-order valence-electron chi connectivity index (χ3n) is 4.94. The van der Waals surface area contributed by atoms with E-state index < -0.39 is 79.1 Å². The molecule has 9 N–H and O–H groups in total. The van der Waals surface area contributed by atoms with Crippen LogP contribution in [0.4, 0.5) is 0 Å². The summed E-state index contributed by atoms with van der Waals surface area (Å²) in [6, 6.07) is -5.47. The maximum absolute atomic E-state index is 13.0. The zero-order chi connectivity index (χ0) is 27.4. The smallest absolute Gasteiger partial charge is 0.326 e. The highest BCUT2D eigenvalue weighted by Gasteiger charge is 2.31. The Kier molecular flexibility index (Phi) is 12.0. The predicted molar refractivity (Wildman–Crippen MR) is 122 cm³/mol. The molecule has 0 aliphatic carbocycles. The Morgan fingerprint density at radius 2 is 1.50 bits per heavy atom. The first-order chi connectivity index (χ1) is 16.8. The van der Waals surface area contributed by atoms with Crippen molar-refractivity contribution in [1.82, 2.24) is 25.9 Å². The van der Waals surface area contributed by atoms with Gasteiger partial charge in [-0.2, -0.15) is 0 Å². The lowest BCUT2D eigenvalue weighted by Crippen LogP contribution is -2.57. The van der Waals surface area contributed by atoms with Crippen molar-refractivity contribution in [3.05, 3.63) is 18.2 Å². The fraction of sp³-hybridized carbons (Fsp3) is 0.571. The summed E-state index contributed by atoms with van der Waals surface area (Å²) >= 11 is 0. The Bertz CT molecular complexity index is 934. The maximum atomic E-state index is 13.0. The van der Waals surface area contributed by atoms with Crippen LogP contribution in [0.15, 0.2) is 12.5 Å². The average Bonchev–Trinajstić information content (AvgIpc) is 3.27. The minimum absolute atomic E-state index is 0.0804. The Morgan fingerprint density at radius 1 is 0.917 bits per heavy atom. The number of nitrogens with zero attached hydrogens (tertiary/aromatic N) is 1. The highest BCUT2D eigenvalue weighted by molar-refractivity contribution is 5.94. The molecule has 4 atom stereocenters. The largest absolute Gasteiger partial charge is 0.481 e. The molecular formula is C21H32N6O9. The van der Waals surface area contributed by atoms with Crippen LogP contribution in [0, 0.1) is 5.92 Å². The van der Waals surface area contributed by atoms with E-state index in [1.165, 1.54) is 12.5 Å². The van der Waals surface area contributed by atoms with Crippen LogP contribution in [-0.2, 0) is 35.2 Å². The second kappa shape index (κ2) is 14.4. The van der Waals surface area contributed by atoms with Crippen molar-refractivity contribution in [3.63, 3.8) is 0 Å². The quantitative estimate of drug-likeness (QED) is 0.123. The van der Waals surface area contributed by atoms with Gasteiger partial charge in [-0.3, -0.25) is 24.0 Å². The normalized spacial score (nSPS) is 14.2. The number of H-pyrrole nitrogens is 1. The molecule has 0 aromatic carbocycles. The minimum Gasteiger partial charge on any atom is -0.481 e. The maximum Gasteiger partial charge on any atom is 0.326 e. The average molecular weight is 513 g/mol. The van der Waals surface area contributed by atoms with Crippen molar-refractivity contribution < 1.29 is 44.1 Å². The first kappa shape index (κ1) is 30.0. The number of rotatable bonds is 16. The number of amides is 3. The summed E-state index contributed by atoms with van der Waals surface area (Å²) < 4.78 is 0. The third-order valence-corrected chi connectivity index (χ3v) is 4.94. The molecule has 15 nitrogen and oxygen atoms in total. The van der Waals surface area contributed by atoms with E-state index in [2.05, 4.69) is 20.6 Å². The van der Waals surface area contributed by atoms with Gasteiger partial charge in [0.25, 0.3) is 0 Å². The number of aromatic amines is 1. The van der Waals surface area contributed by atoms with E-state index in [1.54, 1.807) is 13.8 Å². The number of hydrogen-bond donors (Lipinski definition) is 8. The molecule has 0 saturated carbocycles. The Labute approximate surface area is 206 Å². The Hall–Kier alpha value is -4.01. The number of aromatic nitrogens is 2. The second-order valence-corrected chi connectivity index (χ2v) is 8.57. The molecule has 15 heteroatoms. The van der Waals surface area contributed by atoms with Crippen LogP contribution in [-0.4, -0.2) is 85.1 Å². The van der Waals surface area contributed by atoms with E-state index in [1.807, 2.05) is 5.32 Å². The molecule has 0 bridgehead atoms. The number of carbonyl (C=O) groups is 6. The molecule has 1 heterocycles. The van der Waals surface area contributed by atoms with Crippen LogP contribution in [0.25, 0.3) is 0 Å². The van der Waals surface area contributed by atoms with Gasteiger partial charge in [-0.05, 0) is 18.8 Å². The van der Waals surface area contributed by atoms with E-state index >= 15 is 0 Å². The zero-order valence-corrected chi connectivity index (χ0v) is 19.9. The highest BCUT2D eigenvalue weighted by atomic mass is 16.4. The molecule has 0 aliphatic heterocycles. The molecule has 0 spiro atoms. The molecule has 3 amide bonds. The van der Waals surface area contributed by atoms with Gasteiger partial charge in [0.2, 0.25) is 17.7 Å². The van der Waals surface area contributed by atoms with Gasteiger partial charge >= 0.3 is 17.9 Å². The summed E-state index contributed by atoms with van der Waals surface area (Å²) in [5.41, 5.74) is 6.52. The number of hydrogen-bond acceptors (Lipinski definition) is 8. The second-order valence-electron chi connectivity index (χ2n) is 8.57. The lowest BCUT2D eigenvalue weighted by atomic mass is 10.0. The first-order valence-electron chi connectivity index (χ1n) is 11.1. The van der Waals surface area contributed by atoms with E-state index in [0.717, 1.165) is 0 Å². The van der Waals surface area contributed by atoms with Gasteiger partial charge < -0.3 is 42.0 Å². The molecule has 0 aliphatic rings. The number of carboxylic acids is 3. The van der Waals surface area contributed by atoms with Crippen LogP contribution < -0.4 is 21.7 Å². The van der Waals surface area contributed by atoms with Crippen LogP contribution in [0.2, 0.25) is 0 Å². The van der Waals surface area contributed by atoms with E-state index in [0.29, 0.717) is 5.69 Å². The van der Waals surface area contributed by atoms with Crippen molar-refractivity contribution in [2.45, 2.75) is 70.1 Å². The van der Waals surface area contributed by atoms with Crippen molar-refractivity contribution in [2.24, 2.45) is 11.7 Å². The van der Waals surface area contributed by atoms with Gasteiger partial charge in [0.05, 0.1) is 18.8 Å². The SMILES string of the molecule is CC(C)CC(NC(=O)C(N)Cc1cnc[nH]1)C(=O)NC(CCC(=O)O)C(=O)NC(CC(=O)O)C(=O)O. The molecule has 4 unspecified atom stereocenters. The van der Waals surface area contributed by atoms with Gasteiger partial charge in [-0.1, -0.05) is 13.8 Å². The number of aliphatic carboxylic acids is 3. The van der Waals surface area contributed by atoms with Crippen molar-refractivity contribution >= 4 is 35.6 Å². The molecule has 0 saturated heterocycles. The highest BCUT2D eigenvalue weighted by Crippen LogP contribution is 2.08. The number of nitrogens with two attached hydrogens (primary N) is 1. The summed E-state index contributed by atoms with van der Waals surface area (Å²) in [5, 5.41) is 33.9. The fourth-order valence-electron chi connectivity index (χ4n) is 3.16. The molecular weight excluding hydrogens is 480 g/mol. The molecule has 200 valence electrons. The standard InChI is InChI=1S/C21H32N6O9/c1-10(2)5-14(26-18(32)12(22)6-11-8-23-9-24-11)20(34)25-13(3-4-16(28)29)19(33)27-15(21(35)36)7-17(30)31/h8-10,12-15H,3-7,22H2,1-2H3,(H,23,24)(H,25,34)(H,26,32)(H,27,33)(H,28,29)(H,30,31)(H,35,36). The number of carboxylic acid groups (broad SMARTS) is 3. The van der Waals surface area contributed by atoms with Gasteiger partial charge in [0, 0.05) is 24.7 Å². The molecule has 1 aromatic heterocycles. The van der Waals surface area contributed by atoms with Gasteiger partial charge in [-0.15, -0.1) is 0 Å². The predicted octanol–water partition coefficient (Wildman–Crippen LogP) is -1.80. The van der Waals surface area contributed by atoms with Gasteiger partial charge in [-0.25, -0.2) is 9.78 Å². The minimum atomic E-state index is -1.80. The lowest BCUT2D eigenvalue weighted by molar-refractivity contribution is -0.147. The summed E-state index contributed by atoms with van der Waals surface area (Å²) in [5.74, 6) is -7.01. The summed E-state index contributed by atoms with van der Waals surface area (Å²) in [6.07, 6.45) is 1.29. The van der Waals surface area contributed by atoms with Gasteiger partial charge in [0.15, 0.2) is 0 Å². The van der Waals surface area contributed by atoms with Crippen LogP contribution in [0.3, 0.4) is 0 Å². The molecule has 1 aromatic rings. The van der Waals surface area contributed by atoms with Crippen LogP contribution in [0.1, 0.15) is 45.2 Å². The van der Waals surface area contributed by atoms with Crippen molar-refractivity contribution in [2.75, 3.05) is 0 Å². The molecule has 0 radical (unpaired) electrons. The van der Waals surface area contributed by atoms with Crippen LogP contribution in [0.5, 0.6) is 0 Å². The van der Waals surface area contributed by atoms with Crippen LogP contribution >= 0.6 is 0 Å². The number of carbonyl (C=O) groups excluding carboxylic acids is 3. The number of nitrogens with one attached hydrogen (secondary N) is 4. The van der Waals surface area contributed by atoms with Gasteiger partial charge in [0.1, 0.15) is 18.1 Å². The Morgan fingerprint density at radius 3 is 2.00 bits per heavy atom. The van der Waals surface area contributed by atoms with E-state index in [4.69, 9.17) is 21.1 Å². The fourth-order valence-corrected chi connectivity index (χ4v) is 3.16. The molecule has 0 fully saturated rings. The van der Waals surface area contributed by atoms with Crippen molar-refractivity contribution in [1.29, 1.82) is 0 Å². The Balaban J connectivity index is 2.98. The molecule has 1 rings (SSSR count). The first-order valence-corrected chi connectivity index (χ1v) is 11.1. The van der Waals surface area contributed by atoms with E-state index in [9.17, 15) is 28.8 Å². The lowest BCUT2D eigenvalue weighted by Gasteiger charge is -2.25. The third kappa shape index (κ3) is 10.9. The van der Waals surface area contributed by atoms with Crippen molar-refractivity contribution in [3.8, 4) is 0 Å². The monoisotopic (exact) mass is 512 g/mol. The summed E-state index contributed by atoms with van der Waals surface area (Å²) in [4.78, 5) is 78.1. The molecule has 36 heavy (non-hydrogen) atoms. The number of imidazole rings is 1.